The van der Waals surface area contributed by atoms with Crippen LogP contribution < -0.4 is 5.32 Å². The molecule has 0 saturated carbocycles. The molecule has 1 aliphatic rings. The molecule has 1 aliphatic heterocycles. The zero-order valence-corrected chi connectivity index (χ0v) is 10.2. The average Bonchev–Trinajstić information content (AvgIpc) is 2.25. The summed E-state index contributed by atoms with van der Waals surface area (Å²) in [6.45, 7) is 3.02. The van der Waals surface area contributed by atoms with Crippen molar-refractivity contribution < 1.29 is 14.7 Å². The summed E-state index contributed by atoms with van der Waals surface area (Å²) in [5.41, 5.74) is 1.89. The van der Waals surface area contributed by atoms with Crippen LogP contribution in [-0.2, 0) is 4.79 Å². The van der Waals surface area contributed by atoms with Gasteiger partial charge in [-0.25, -0.2) is 4.79 Å². The van der Waals surface area contributed by atoms with Crippen molar-refractivity contribution in [1.29, 1.82) is 0 Å². The first-order valence-corrected chi connectivity index (χ1v) is 5.89. The SMILES string of the molecule is Cc1ccc(NC(=O)N2CC(CC(=O)O)C2)cc1. The van der Waals surface area contributed by atoms with Gasteiger partial charge >= 0.3 is 12.0 Å². The molecule has 0 unspecified atom stereocenters. The van der Waals surface area contributed by atoms with Crippen molar-refractivity contribution in [2.75, 3.05) is 18.4 Å². The highest BCUT2D eigenvalue weighted by molar-refractivity contribution is 5.90. The molecule has 0 spiro atoms. The number of carboxylic acid groups (broad SMARTS) is 1. The molecule has 1 aromatic carbocycles. The van der Waals surface area contributed by atoms with E-state index in [0.29, 0.717) is 13.1 Å². The summed E-state index contributed by atoms with van der Waals surface area (Å²) in [5, 5.41) is 11.4. The van der Waals surface area contributed by atoms with Crippen LogP contribution in [0.4, 0.5) is 10.5 Å². The zero-order valence-electron chi connectivity index (χ0n) is 10.2. The summed E-state index contributed by atoms with van der Waals surface area (Å²) < 4.78 is 0. The smallest absolute Gasteiger partial charge is 0.321 e. The Bertz CT molecular complexity index is 450. The van der Waals surface area contributed by atoms with Crippen molar-refractivity contribution in [1.82, 2.24) is 4.90 Å². The van der Waals surface area contributed by atoms with E-state index in [9.17, 15) is 9.59 Å². The highest BCUT2D eigenvalue weighted by Gasteiger charge is 2.31. The number of nitrogens with one attached hydrogen (secondary N) is 1. The standard InChI is InChI=1S/C13H16N2O3/c1-9-2-4-11(5-3-9)14-13(18)15-7-10(8-15)6-12(16)17/h2-5,10H,6-8H2,1H3,(H,14,18)(H,16,17). The lowest BCUT2D eigenvalue weighted by Gasteiger charge is -2.38. The van der Waals surface area contributed by atoms with Gasteiger partial charge in [0.25, 0.3) is 0 Å². The normalized spacial score (nSPS) is 15.1. The monoisotopic (exact) mass is 248 g/mol. The molecule has 1 aromatic rings. The van der Waals surface area contributed by atoms with Crippen molar-refractivity contribution in [2.24, 2.45) is 5.92 Å². The molecule has 0 radical (unpaired) electrons. The number of likely N-dealkylation sites (tertiary alicyclic amines) is 1. The number of amides is 2. The minimum absolute atomic E-state index is 0.0891. The first-order valence-electron chi connectivity index (χ1n) is 5.89. The maximum absolute atomic E-state index is 11.8. The van der Waals surface area contributed by atoms with Crippen LogP contribution in [0.3, 0.4) is 0 Å². The van der Waals surface area contributed by atoms with Gasteiger partial charge in [0.1, 0.15) is 0 Å². The predicted molar refractivity (Wildman–Crippen MR) is 67.5 cm³/mol. The van der Waals surface area contributed by atoms with E-state index in [1.807, 2.05) is 31.2 Å². The number of benzene rings is 1. The number of aliphatic carboxylic acids is 1. The van der Waals surface area contributed by atoms with E-state index in [1.165, 1.54) is 0 Å². The number of carbonyl (C=O) groups excluding carboxylic acids is 1. The fraction of sp³-hybridized carbons (Fsp3) is 0.385. The third-order valence-corrected chi connectivity index (χ3v) is 3.01. The lowest BCUT2D eigenvalue weighted by molar-refractivity contribution is -0.139. The molecule has 1 heterocycles. The van der Waals surface area contributed by atoms with Crippen LogP contribution in [-0.4, -0.2) is 35.1 Å². The topological polar surface area (TPSA) is 69.6 Å². The molecule has 1 fully saturated rings. The predicted octanol–water partition coefficient (Wildman–Crippen LogP) is 1.93. The Balaban J connectivity index is 1.80. The van der Waals surface area contributed by atoms with Crippen LogP contribution in [0, 0.1) is 12.8 Å². The molecule has 5 nitrogen and oxygen atoms in total. The second kappa shape index (κ2) is 5.08. The number of hydrogen-bond acceptors (Lipinski definition) is 2. The van der Waals surface area contributed by atoms with Crippen LogP contribution in [0.2, 0.25) is 0 Å². The number of carbonyl (C=O) groups is 2. The lowest BCUT2D eigenvalue weighted by atomic mass is 9.97. The molecule has 0 aliphatic carbocycles. The highest BCUT2D eigenvalue weighted by atomic mass is 16.4. The third-order valence-electron chi connectivity index (χ3n) is 3.01. The van der Waals surface area contributed by atoms with E-state index >= 15 is 0 Å². The molecule has 2 rings (SSSR count). The second-order valence-corrected chi connectivity index (χ2v) is 4.67. The van der Waals surface area contributed by atoms with Gasteiger partial charge in [-0.1, -0.05) is 17.7 Å². The number of aryl methyl sites for hydroxylation is 1. The molecule has 2 amide bonds. The van der Waals surface area contributed by atoms with Gasteiger partial charge in [0, 0.05) is 24.7 Å². The molecule has 18 heavy (non-hydrogen) atoms. The van der Waals surface area contributed by atoms with E-state index in [1.54, 1.807) is 4.90 Å². The summed E-state index contributed by atoms with van der Waals surface area (Å²) >= 11 is 0. The van der Waals surface area contributed by atoms with E-state index < -0.39 is 5.97 Å². The second-order valence-electron chi connectivity index (χ2n) is 4.67. The first-order chi connectivity index (χ1) is 8.54. The van der Waals surface area contributed by atoms with Gasteiger partial charge < -0.3 is 15.3 Å². The Morgan fingerprint density at radius 2 is 1.94 bits per heavy atom. The van der Waals surface area contributed by atoms with Crippen LogP contribution in [0.1, 0.15) is 12.0 Å². The number of rotatable bonds is 3. The number of urea groups is 1. The molecule has 96 valence electrons. The average molecular weight is 248 g/mol. The summed E-state index contributed by atoms with van der Waals surface area (Å²) in [5.74, 6) is -0.718. The fourth-order valence-corrected chi connectivity index (χ4v) is 1.95. The summed E-state index contributed by atoms with van der Waals surface area (Å²) in [6.07, 6.45) is 0.133. The Hall–Kier alpha value is -2.04. The maximum Gasteiger partial charge on any atom is 0.321 e. The molecule has 0 atom stereocenters. The van der Waals surface area contributed by atoms with Gasteiger partial charge in [0.2, 0.25) is 0 Å². The van der Waals surface area contributed by atoms with E-state index in [4.69, 9.17) is 5.11 Å². The Labute approximate surface area is 105 Å². The first kappa shape index (κ1) is 12.4. The van der Waals surface area contributed by atoms with Gasteiger partial charge in [0.15, 0.2) is 0 Å². The molecule has 1 saturated heterocycles. The van der Waals surface area contributed by atoms with E-state index in [2.05, 4.69) is 5.32 Å². The Kier molecular flexibility index (Phi) is 3.50. The minimum atomic E-state index is -0.807. The zero-order chi connectivity index (χ0) is 13.1. The summed E-state index contributed by atoms with van der Waals surface area (Å²) in [4.78, 5) is 23.9. The number of carboxylic acids is 1. The number of anilines is 1. The Morgan fingerprint density at radius 1 is 1.33 bits per heavy atom. The van der Waals surface area contributed by atoms with Gasteiger partial charge in [-0.15, -0.1) is 0 Å². The van der Waals surface area contributed by atoms with Gasteiger partial charge in [-0.05, 0) is 19.1 Å². The van der Waals surface area contributed by atoms with E-state index in [0.717, 1.165) is 11.3 Å². The molecule has 0 aromatic heterocycles. The number of hydrogen-bond donors (Lipinski definition) is 2. The Morgan fingerprint density at radius 3 is 2.50 bits per heavy atom. The highest BCUT2D eigenvalue weighted by Crippen LogP contribution is 2.20. The van der Waals surface area contributed by atoms with Crippen molar-refractivity contribution in [3.8, 4) is 0 Å². The van der Waals surface area contributed by atoms with Crippen molar-refractivity contribution in [2.45, 2.75) is 13.3 Å². The van der Waals surface area contributed by atoms with Crippen LogP contribution in [0.15, 0.2) is 24.3 Å². The fourth-order valence-electron chi connectivity index (χ4n) is 1.95. The summed E-state index contributed by atoms with van der Waals surface area (Å²) in [7, 11) is 0. The van der Waals surface area contributed by atoms with Crippen molar-refractivity contribution in [3.05, 3.63) is 29.8 Å². The molecule has 2 N–H and O–H groups in total. The van der Waals surface area contributed by atoms with Crippen molar-refractivity contribution >= 4 is 17.7 Å². The number of nitrogens with zero attached hydrogens (tertiary/aromatic N) is 1. The summed E-state index contributed by atoms with van der Waals surface area (Å²) in [6, 6.07) is 7.39. The quantitative estimate of drug-likeness (QED) is 0.858. The van der Waals surface area contributed by atoms with Crippen LogP contribution in [0.25, 0.3) is 0 Å². The molecular weight excluding hydrogens is 232 g/mol. The maximum atomic E-state index is 11.8. The van der Waals surface area contributed by atoms with Gasteiger partial charge in [0.05, 0.1) is 6.42 Å². The van der Waals surface area contributed by atoms with Crippen LogP contribution >= 0.6 is 0 Å². The minimum Gasteiger partial charge on any atom is -0.481 e. The van der Waals surface area contributed by atoms with Gasteiger partial charge in [-0.3, -0.25) is 4.79 Å². The third kappa shape index (κ3) is 3.00. The molecular formula is C13H16N2O3. The van der Waals surface area contributed by atoms with Gasteiger partial charge in [-0.2, -0.15) is 0 Å². The molecule has 5 heteroatoms. The van der Waals surface area contributed by atoms with Crippen molar-refractivity contribution in [3.63, 3.8) is 0 Å². The molecule has 0 bridgehead atoms. The largest absolute Gasteiger partial charge is 0.481 e. The lowest BCUT2D eigenvalue weighted by Crippen LogP contribution is -2.52. The van der Waals surface area contributed by atoms with Crippen LogP contribution in [0.5, 0.6) is 0 Å². The van der Waals surface area contributed by atoms with E-state index in [-0.39, 0.29) is 18.4 Å².